The largest absolute Gasteiger partial charge is 0.453 e. The lowest BCUT2D eigenvalue weighted by atomic mass is 9.96. The molecule has 12 aromatic rings. The molecular formula is C54H34N2O. The molecule has 2 aromatic heterocycles. The van der Waals surface area contributed by atoms with Crippen molar-refractivity contribution in [1.29, 1.82) is 0 Å². The normalized spacial score (nSPS) is 11.9. The highest BCUT2D eigenvalue weighted by atomic mass is 16.3. The van der Waals surface area contributed by atoms with Gasteiger partial charge in [-0.25, -0.2) is 0 Å². The number of hydrogen-bond donors (Lipinski definition) is 0. The van der Waals surface area contributed by atoms with Gasteiger partial charge in [-0.15, -0.1) is 0 Å². The predicted octanol–water partition coefficient (Wildman–Crippen LogP) is 15.3. The van der Waals surface area contributed by atoms with E-state index in [9.17, 15) is 0 Å². The van der Waals surface area contributed by atoms with E-state index in [1.807, 2.05) is 0 Å². The minimum Gasteiger partial charge on any atom is -0.453 e. The number of rotatable bonds is 5. The summed E-state index contributed by atoms with van der Waals surface area (Å²) in [6.07, 6.45) is 0. The van der Waals surface area contributed by atoms with Crippen LogP contribution in [0, 0.1) is 0 Å². The van der Waals surface area contributed by atoms with Gasteiger partial charge in [0.2, 0.25) is 0 Å². The Morgan fingerprint density at radius 3 is 1.82 bits per heavy atom. The van der Waals surface area contributed by atoms with Crippen LogP contribution in [0.3, 0.4) is 0 Å². The molecule has 0 atom stereocenters. The molecule has 0 aliphatic heterocycles. The highest BCUT2D eigenvalue weighted by Gasteiger charge is 2.24. The molecule has 0 bridgehead atoms. The van der Waals surface area contributed by atoms with Gasteiger partial charge in [0.15, 0.2) is 5.58 Å². The van der Waals surface area contributed by atoms with Crippen LogP contribution in [-0.2, 0) is 0 Å². The first kappa shape index (κ1) is 31.7. The summed E-state index contributed by atoms with van der Waals surface area (Å²) in [5.74, 6) is 0. The molecular weight excluding hydrogens is 693 g/mol. The van der Waals surface area contributed by atoms with Crippen molar-refractivity contribution in [3.8, 4) is 16.8 Å². The molecule has 266 valence electrons. The monoisotopic (exact) mass is 726 g/mol. The van der Waals surface area contributed by atoms with Gasteiger partial charge in [0, 0.05) is 43.7 Å². The Balaban J connectivity index is 1.19. The van der Waals surface area contributed by atoms with Gasteiger partial charge >= 0.3 is 0 Å². The molecule has 0 N–H and O–H groups in total. The van der Waals surface area contributed by atoms with Gasteiger partial charge in [0.05, 0.1) is 22.4 Å². The van der Waals surface area contributed by atoms with Crippen LogP contribution in [0.15, 0.2) is 211 Å². The maximum Gasteiger partial charge on any atom is 0.159 e. The summed E-state index contributed by atoms with van der Waals surface area (Å²) < 4.78 is 9.46. The first-order valence-electron chi connectivity index (χ1n) is 19.5. The van der Waals surface area contributed by atoms with Crippen molar-refractivity contribution < 1.29 is 4.42 Å². The van der Waals surface area contributed by atoms with Gasteiger partial charge in [-0.05, 0) is 87.3 Å². The average Bonchev–Trinajstić information content (AvgIpc) is 3.84. The molecule has 0 radical (unpaired) electrons. The van der Waals surface area contributed by atoms with Crippen molar-refractivity contribution in [1.82, 2.24) is 4.57 Å². The molecule has 0 unspecified atom stereocenters. The van der Waals surface area contributed by atoms with Gasteiger partial charge in [-0.1, -0.05) is 152 Å². The Hall–Kier alpha value is -7.62. The summed E-state index contributed by atoms with van der Waals surface area (Å²) in [4.78, 5) is 2.42. The quantitative estimate of drug-likeness (QED) is 0.176. The van der Waals surface area contributed by atoms with E-state index >= 15 is 0 Å². The molecule has 10 aromatic carbocycles. The molecule has 3 heteroatoms. The van der Waals surface area contributed by atoms with Gasteiger partial charge in [0.1, 0.15) is 5.58 Å². The molecule has 0 amide bonds. The number of aromatic nitrogens is 1. The van der Waals surface area contributed by atoms with E-state index in [4.69, 9.17) is 4.42 Å². The van der Waals surface area contributed by atoms with E-state index in [2.05, 4.69) is 216 Å². The lowest BCUT2D eigenvalue weighted by Gasteiger charge is -2.28. The third-order valence-electron chi connectivity index (χ3n) is 11.7. The lowest BCUT2D eigenvalue weighted by Crippen LogP contribution is -2.11. The van der Waals surface area contributed by atoms with Crippen molar-refractivity contribution in [2.45, 2.75) is 0 Å². The van der Waals surface area contributed by atoms with E-state index in [1.165, 1.54) is 43.6 Å². The zero-order valence-electron chi connectivity index (χ0n) is 30.9. The van der Waals surface area contributed by atoms with E-state index < -0.39 is 0 Å². The van der Waals surface area contributed by atoms with Crippen LogP contribution in [0.1, 0.15) is 0 Å². The Morgan fingerprint density at radius 1 is 0.368 bits per heavy atom. The Kier molecular flexibility index (Phi) is 6.93. The zero-order valence-corrected chi connectivity index (χ0v) is 30.9. The standard InChI is InChI=1S/C54H34N2O/c1-3-14-35(15-4-1)40-30-33-48(44-23-12-11-22-43(40)44)56(51-25-13-24-45-46-29-26-37-17-8-10-21-42(37)53(46)57-54(45)51)39-28-32-49-47(34-39)52-41-20-9-7-16-36(41)27-31-50(52)55(49)38-18-5-2-6-19-38/h1-34H. The maximum atomic E-state index is 7.06. The van der Waals surface area contributed by atoms with Crippen LogP contribution < -0.4 is 4.90 Å². The van der Waals surface area contributed by atoms with Crippen LogP contribution in [-0.4, -0.2) is 4.57 Å². The minimum absolute atomic E-state index is 0.859. The second-order valence-corrected chi connectivity index (χ2v) is 14.9. The molecule has 0 saturated heterocycles. The second kappa shape index (κ2) is 12.5. The number of anilines is 3. The van der Waals surface area contributed by atoms with Crippen molar-refractivity contribution in [3.05, 3.63) is 206 Å². The van der Waals surface area contributed by atoms with Crippen LogP contribution >= 0.6 is 0 Å². The SMILES string of the molecule is c1ccc(-c2ccc(N(c3ccc4c(c3)c3c5ccccc5ccc3n4-c3ccccc3)c3cccc4c3oc3c5ccccc5ccc43)c3ccccc23)cc1. The van der Waals surface area contributed by atoms with Gasteiger partial charge in [-0.2, -0.15) is 0 Å². The topological polar surface area (TPSA) is 21.3 Å². The Labute approximate surface area is 328 Å². The van der Waals surface area contributed by atoms with Crippen molar-refractivity contribution in [2.75, 3.05) is 4.90 Å². The highest BCUT2D eigenvalue weighted by Crippen LogP contribution is 2.48. The molecule has 12 rings (SSSR count). The number of nitrogens with zero attached hydrogens (tertiary/aromatic N) is 2. The Morgan fingerprint density at radius 2 is 1.00 bits per heavy atom. The summed E-state index contributed by atoms with van der Waals surface area (Å²) in [6.45, 7) is 0. The summed E-state index contributed by atoms with van der Waals surface area (Å²) in [5, 5.41) is 11.7. The number of hydrogen-bond acceptors (Lipinski definition) is 2. The first-order chi connectivity index (χ1) is 28.3. The average molecular weight is 727 g/mol. The second-order valence-electron chi connectivity index (χ2n) is 14.9. The number of para-hydroxylation sites is 2. The third-order valence-corrected chi connectivity index (χ3v) is 11.7. The fraction of sp³-hybridized carbons (Fsp3) is 0. The lowest BCUT2D eigenvalue weighted by molar-refractivity contribution is 0.673. The van der Waals surface area contributed by atoms with Crippen LogP contribution in [0.4, 0.5) is 17.1 Å². The summed E-state index contributed by atoms with van der Waals surface area (Å²) in [6, 6.07) is 74.4. The third kappa shape index (κ3) is 4.79. The molecule has 0 aliphatic carbocycles. The number of benzene rings is 10. The zero-order chi connectivity index (χ0) is 37.5. The Bertz CT molecular complexity index is 3520. The molecule has 0 fully saturated rings. The smallest absolute Gasteiger partial charge is 0.159 e. The number of furan rings is 1. The van der Waals surface area contributed by atoms with E-state index in [0.717, 1.165) is 66.4 Å². The van der Waals surface area contributed by atoms with Crippen LogP contribution in [0.5, 0.6) is 0 Å². The molecule has 0 spiro atoms. The van der Waals surface area contributed by atoms with Crippen LogP contribution in [0.25, 0.3) is 92.9 Å². The van der Waals surface area contributed by atoms with E-state index in [-0.39, 0.29) is 0 Å². The fourth-order valence-corrected chi connectivity index (χ4v) is 9.22. The molecule has 57 heavy (non-hydrogen) atoms. The van der Waals surface area contributed by atoms with Gasteiger partial charge in [-0.3, -0.25) is 0 Å². The first-order valence-corrected chi connectivity index (χ1v) is 19.5. The molecule has 2 heterocycles. The maximum absolute atomic E-state index is 7.06. The van der Waals surface area contributed by atoms with Gasteiger partial charge < -0.3 is 13.9 Å². The predicted molar refractivity (Wildman–Crippen MR) is 241 cm³/mol. The summed E-state index contributed by atoms with van der Waals surface area (Å²) in [5.41, 5.74) is 10.8. The van der Waals surface area contributed by atoms with Crippen LogP contribution in [0.2, 0.25) is 0 Å². The molecule has 3 nitrogen and oxygen atoms in total. The van der Waals surface area contributed by atoms with E-state index in [0.29, 0.717) is 0 Å². The summed E-state index contributed by atoms with van der Waals surface area (Å²) >= 11 is 0. The van der Waals surface area contributed by atoms with Crippen molar-refractivity contribution in [3.63, 3.8) is 0 Å². The fourth-order valence-electron chi connectivity index (χ4n) is 9.22. The van der Waals surface area contributed by atoms with Crippen molar-refractivity contribution in [2.24, 2.45) is 0 Å². The summed E-state index contributed by atoms with van der Waals surface area (Å²) in [7, 11) is 0. The highest BCUT2D eigenvalue weighted by molar-refractivity contribution is 6.23. The number of fused-ring (bicyclic) bond motifs is 11. The van der Waals surface area contributed by atoms with Crippen molar-refractivity contribution >= 4 is 93.1 Å². The minimum atomic E-state index is 0.859. The molecule has 0 aliphatic rings. The van der Waals surface area contributed by atoms with Gasteiger partial charge in [0.25, 0.3) is 0 Å². The molecule has 0 saturated carbocycles. The van der Waals surface area contributed by atoms with E-state index in [1.54, 1.807) is 0 Å².